The van der Waals surface area contributed by atoms with Crippen LogP contribution in [0.5, 0.6) is 5.75 Å². The van der Waals surface area contributed by atoms with Crippen molar-refractivity contribution in [2.75, 3.05) is 31.6 Å². The molecule has 1 aromatic carbocycles. The zero-order valence-corrected chi connectivity index (χ0v) is 15.5. The Morgan fingerprint density at radius 2 is 2.17 bits per heavy atom. The van der Waals surface area contributed by atoms with Gasteiger partial charge >= 0.3 is 0 Å². The molecule has 2 heterocycles. The van der Waals surface area contributed by atoms with E-state index in [2.05, 4.69) is 35.5 Å². The number of ether oxygens (including phenoxy) is 1. The van der Waals surface area contributed by atoms with Crippen molar-refractivity contribution in [2.24, 2.45) is 11.1 Å². The summed E-state index contributed by atoms with van der Waals surface area (Å²) in [5, 5.41) is 5.87. The van der Waals surface area contributed by atoms with Crippen molar-refractivity contribution in [3.05, 3.63) is 22.9 Å². The molecule has 8 nitrogen and oxygen atoms in total. The van der Waals surface area contributed by atoms with E-state index in [0.717, 1.165) is 46.5 Å². The van der Waals surface area contributed by atoms with E-state index in [-0.39, 0.29) is 0 Å². The molecule has 3 rings (SSSR count). The molecule has 1 aromatic heterocycles. The monoisotopic (exact) mass is 415 g/mol. The number of fused-ring (bicyclic) bond motifs is 1. The topological polar surface area (TPSA) is 110 Å². The maximum absolute atomic E-state index is 10.9. The first-order valence-electron chi connectivity index (χ1n) is 7.38. The minimum absolute atomic E-state index is 0.352. The van der Waals surface area contributed by atoms with Gasteiger partial charge in [0.2, 0.25) is 0 Å². The van der Waals surface area contributed by atoms with E-state index in [1.165, 1.54) is 0 Å². The zero-order valence-electron chi connectivity index (χ0n) is 13.1. The first-order valence-corrected chi connectivity index (χ1v) is 9.72. The second-order valence-corrected chi connectivity index (χ2v) is 7.93. The summed E-state index contributed by atoms with van der Waals surface area (Å²) in [6.45, 7) is 1.99. The van der Waals surface area contributed by atoms with Gasteiger partial charge in [0.1, 0.15) is 17.9 Å². The number of hydrogen-bond acceptors (Lipinski definition) is 6. The summed E-state index contributed by atoms with van der Waals surface area (Å²) in [6, 6.07) is 3.83. The normalized spacial score (nSPS) is 15.5. The van der Waals surface area contributed by atoms with Crippen LogP contribution in [0.25, 0.3) is 10.9 Å². The number of nitrogens with one attached hydrogen (secondary N) is 1. The number of benzene rings is 1. The third-order valence-electron chi connectivity index (χ3n) is 4.00. The molecule has 1 aliphatic heterocycles. The minimum Gasteiger partial charge on any atom is -0.495 e. The van der Waals surface area contributed by atoms with E-state index >= 15 is 0 Å². The third-order valence-corrected chi connectivity index (χ3v) is 5.23. The molecule has 0 spiro atoms. The first-order chi connectivity index (χ1) is 11.4. The van der Waals surface area contributed by atoms with Gasteiger partial charge in [0.15, 0.2) is 0 Å². The summed E-state index contributed by atoms with van der Waals surface area (Å²) < 4.78 is 30.2. The van der Waals surface area contributed by atoms with Crippen LogP contribution >= 0.6 is 15.9 Å². The Kier molecular flexibility index (Phi) is 4.90. The molecule has 0 unspecified atom stereocenters. The molecule has 10 heteroatoms. The van der Waals surface area contributed by atoms with Crippen LogP contribution in [0.1, 0.15) is 6.42 Å². The van der Waals surface area contributed by atoms with Gasteiger partial charge in [-0.3, -0.25) is 0 Å². The van der Waals surface area contributed by atoms with E-state index in [4.69, 9.17) is 9.88 Å². The van der Waals surface area contributed by atoms with Crippen molar-refractivity contribution >= 4 is 42.9 Å². The van der Waals surface area contributed by atoms with Gasteiger partial charge in [0.05, 0.1) is 17.1 Å². The van der Waals surface area contributed by atoms with E-state index in [1.54, 1.807) is 13.4 Å². The summed E-state index contributed by atoms with van der Waals surface area (Å²) in [5.41, 5.74) is 0.819. The number of methoxy groups -OCH3 is 1. The van der Waals surface area contributed by atoms with Gasteiger partial charge in [-0.25, -0.2) is 19.8 Å². The van der Waals surface area contributed by atoms with Crippen LogP contribution in [-0.2, 0) is 10.2 Å². The molecule has 1 aliphatic rings. The van der Waals surface area contributed by atoms with Crippen molar-refractivity contribution in [3.63, 3.8) is 0 Å². The van der Waals surface area contributed by atoms with Gasteiger partial charge in [0, 0.05) is 31.1 Å². The van der Waals surface area contributed by atoms with Gasteiger partial charge in [0.25, 0.3) is 10.2 Å². The Balaban J connectivity index is 1.70. The highest BCUT2D eigenvalue weighted by Gasteiger charge is 2.29. The fraction of sp³-hybridized carbons (Fsp3) is 0.429. The lowest BCUT2D eigenvalue weighted by Crippen LogP contribution is -2.48. The fourth-order valence-corrected chi connectivity index (χ4v) is 3.69. The molecule has 3 N–H and O–H groups in total. The lowest BCUT2D eigenvalue weighted by Gasteiger charge is -2.40. The molecule has 0 bridgehead atoms. The Morgan fingerprint density at radius 1 is 1.42 bits per heavy atom. The number of aromatic nitrogens is 2. The van der Waals surface area contributed by atoms with E-state index in [1.807, 2.05) is 12.1 Å². The van der Waals surface area contributed by atoms with Gasteiger partial charge in [-0.15, -0.1) is 0 Å². The quantitative estimate of drug-likeness (QED) is 0.728. The van der Waals surface area contributed by atoms with Gasteiger partial charge < -0.3 is 9.64 Å². The molecule has 0 amide bonds. The molecule has 1 fully saturated rings. The van der Waals surface area contributed by atoms with Crippen molar-refractivity contribution in [2.45, 2.75) is 6.42 Å². The largest absolute Gasteiger partial charge is 0.495 e. The molecule has 24 heavy (non-hydrogen) atoms. The van der Waals surface area contributed by atoms with Crippen molar-refractivity contribution in [1.29, 1.82) is 0 Å². The highest BCUT2D eigenvalue weighted by Crippen LogP contribution is 2.35. The molecule has 0 radical (unpaired) electrons. The summed E-state index contributed by atoms with van der Waals surface area (Å²) >= 11 is 3.49. The highest BCUT2D eigenvalue weighted by atomic mass is 79.9. The number of hydrogen-bond donors (Lipinski definition) is 2. The number of nitrogens with zero attached hydrogens (tertiary/aromatic N) is 3. The molecule has 0 atom stereocenters. The summed E-state index contributed by atoms with van der Waals surface area (Å²) in [7, 11) is -2.00. The molecular weight excluding hydrogens is 398 g/mol. The molecule has 1 saturated heterocycles. The second kappa shape index (κ2) is 6.79. The predicted molar refractivity (Wildman–Crippen MR) is 95.2 cm³/mol. The molecule has 0 saturated carbocycles. The van der Waals surface area contributed by atoms with Crippen LogP contribution in [0.4, 0.5) is 5.82 Å². The second-order valence-electron chi connectivity index (χ2n) is 5.70. The standard InChI is InChI=1S/C14H18BrN5O3S/c1-23-13-5-12-10(4-11(13)15)14(18-8-17-12)20-6-9(7-20)2-3-19-24(16,21)22/h4-5,8-9,19H,2-3,6-7H2,1H3,(H2,16,21,22). The van der Waals surface area contributed by atoms with Crippen LogP contribution < -0.4 is 19.5 Å². The van der Waals surface area contributed by atoms with Crippen LogP contribution in [-0.4, -0.2) is 45.1 Å². The van der Waals surface area contributed by atoms with E-state index < -0.39 is 10.2 Å². The first kappa shape index (κ1) is 17.3. The zero-order chi connectivity index (χ0) is 17.3. The smallest absolute Gasteiger partial charge is 0.274 e. The number of rotatable bonds is 6. The van der Waals surface area contributed by atoms with E-state index in [9.17, 15) is 8.42 Å². The van der Waals surface area contributed by atoms with Gasteiger partial charge in [-0.1, -0.05) is 0 Å². The minimum atomic E-state index is -3.61. The van der Waals surface area contributed by atoms with Crippen LogP contribution in [0.3, 0.4) is 0 Å². The summed E-state index contributed by atoms with van der Waals surface area (Å²) in [6.07, 6.45) is 2.29. The van der Waals surface area contributed by atoms with Crippen molar-refractivity contribution in [1.82, 2.24) is 14.7 Å². The van der Waals surface area contributed by atoms with E-state index in [0.29, 0.717) is 12.5 Å². The number of nitrogens with two attached hydrogens (primary N) is 1. The Labute approximate surface area is 148 Å². The highest BCUT2D eigenvalue weighted by molar-refractivity contribution is 9.10. The average Bonchev–Trinajstić information content (AvgIpc) is 2.47. The summed E-state index contributed by atoms with van der Waals surface area (Å²) in [5.74, 6) is 2.01. The molecule has 2 aromatic rings. The average molecular weight is 416 g/mol. The SMILES string of the molecule is COc1cc2ncnc(N3CC(CCNS(N)(=O)=O)C3)c2cc1Br. The Hall–Kier alpha value is -1.49. The van der Waals surface area contributed by atoms with Crippen LogP contribution in [0.2, 0.25) is 0 Å². The van der Waals surface area contributed by atoms with Crippen molar-refractivity contribution < 1.29 is 13.2 Å². The Morgan fingerprint density at radius 3 is 2.83 bits per heavy atom. The van der Waals surface area contributed by atoms with Gasteiger partial charge in [-0.2, -0.15) is 8.42 Å². The number of halogens is 1. The van der Waals surface area contributed by atoms with Gasteiger partial charge in [-0.05, 0) is 34.3 Å². The van der Waals surface area contributed by atoms with Crippen LogP contribution in [0.15, 0.2) is 22.9 Å². The predicted octanol–water partition coefficient (Wildman–Crippen LogP) is 1.02. The lowest BCUT2D eigenvalue weighted by atomic mass is 9.96. The number of anilines is 1. The molecule has 0 aliphatic carbocycles. The molecular formula is C14H18BrN5O3S. The van der Waals surface area contributed by atoms with Crippen molar-refractivity contribution in [3.8, 4) is 5.75 Å². The summed E-state index contributed by atoms with van der Waals surface area (Å²) in [4.78, 5) is 10.9. The lowest BCUT2D eigenvalue weighted by molar-refractivity contribution is 0.382. The maximum atomic E-state index is 10.9. The maximum Gasteiger partial charge on any atom is 0.274 e. The fourth-order valence-electron chi connectivity index (χ4n) is 2.78. The Bertz CT molecular complexity index is 855. The molecule has 130 valence electrons. The third kappa shape index (κ3) is 3.77. The van der Waals surface area contributed by atoms with Crippen LogP contribution in [0, 0.1) is 5.92 Å².